The van der Waals surface area contributed by atoms with E-state index in [1.54, 1.807) is 11.3 Å². The van der Waals surface area contributed by atoms with Gasteiger partial charge in [0.1, 0.15) is 6.04 Å². The first-order valence-electron chi connectivity index (χ1n) is 8.57. The highest BCUT2D eigenvalue weighted by Crippen LogP contribution is 2.23. The fourth-order valence-electron chi connectivity index (χ4n) is 2.90. The number of amides is 1. The predicted molar refractivity (Wildman–Crippen MR) is 104 cm³/mol. The van der Waals surface area contributed by atoms with Crippen LogP contribution < -0.4 is 16.2 Å². The third-order valence-corrected chi connectivity index (χ3v) is 5.83. The molecular formula is C18H23BrN4OS. The van der Waals surface area contributed by atoms with Crippen LogP contribution >= 0.6 is 27.3 Å². The van der Waals surface area contributed by atoms with Crippen LogP contribution in [-0.2, 0) is 11.2 Å². The molecule has 1 amide bonds. The van der Waals surface area contributed by atoms with Gasteiger partial charge in [0, 0.05) is 28.1 Å². The van der Waals surface area contributed by atoms with Crippen molar-refractivity contribution in [3.8, 4) is 0 Å². The second-order valence-electron chi connectivity index (χ2n) is 6.31. The Morgan fingerprint density at radius 2 is 2.12 bits per heavy atom. The van der Waals surface area contributed by atoms with E-state index in [4.69, 9.17) is 0 Å². The van der Waals surface area contributed by atoms with Crippen LogP contribution in [0.3, 0.4) is 0 Å². The highest BCUT2D eigenvalue weighted by Gasteiger charge is 2.29. The van der Waals surface area contributed by atoms with E-state index >= 15 is 0 Å². The van der Waals surface area contributed by atoms with Gasteiger partial charge in [-0.25, -0.2) is 15.8 Å². The molecule has 1 aliphatic rings. The highest BCUT2D eigenvalue weighted by atomic mass is 79.9. The van der Waals surface area contributed by atoms with E-state index in [1.807, 2.05) is 19.1 Å². The molecule has 1 aliphatic heterocycles. The lowest BCUT2D eigenvalue weighted by atomic mass is 10.0. The number of nitrogens with one attached hydrogen (secondary N) is 3. The largest absolute Gasteiger partial charge is 0.355 e. The lowest BCUT2D eigenvalue weighted by Crippen LogP contribution is -2.43. The highest BCUT2D eigenvalue weighted by molar-refractivity contribution is 9.10. The van der Waals surface area contributed by atoms with Gasteiger partial charge in [0.05, 0.1) is 5.01 Å². The van der Waals surface area contributed by atoms with Gasteiger partial charge in [-0.3, -0.25) is 4.79 Å². The third-order valence-electron chi connectivity index (χ3n) is 4.28. The third kappa shape index (κ3) is 5.34. The Hall–Kier alpha value is -1.28. The van der Waals surface area contributed by atoms with E-state index in [1.165, 1.54) is 10.6 Å². The predicted octanol–water partition coefficient (Wildman–Crippen LogP) is 3.26. The first kappa shape index (κ1) is 18.5. The minimum absolute atomic E-state index is 0.0669. The maximum Gasteiger partial charge on any atom is 0.238 e. The Kier molecular flexibility index (Phi) is 6.58. The van der Waals surface area contributed by atoms with Crippen molar-refractivity contribution in [2.45, 2.75) is 44.7 Å². The van der Waals surface area contributed by atoms with Crippen LogP contribution in [0.15, 0.2) is 34.1 Å². The van der Waals surface area contributed by atoms with Crippen LogP contribution in [0.5, 0.6) is 0 Å². The summed E-state index contributed by atoms with van der Waals surface area (Å²) in [6.45, 7) is 2.73. The summed E-state index contributed by atoms with van der Waals surface area (Å²) in [5.41, 5.74) is 8.60. The Morgan fingerprint density at radius 3 is 2.84 bits per heavy atom. The van der Waals surface area contributed by atoms with Gasteiger partial charge in [-0.1, -0.05) is 28.1 Å². The van der Waals surface area contributed by atoms with Crippen LogP contribution in [0.4, 0.5) is 0 Å². The SMILES string of the molecule is Cc1csc(CCCCNC(=O)C2CC(c3ccc(Br)cc3)NN2)n1. The van der Waals surface area contributed by atoms with Gasteiger partial charge in [0.15, 0.2) is 0 Å². The maximum absolute atomic E-state index is 12.3. The minimum atomic E-state index is -0.185. The van der Waals surface area contributed by atoms with Crippen LogP contribution in [0.2, 0.25) is 0 Å². The lowest BCUT2D eigenvalue weighted by Gasteiger charge is -2.10. The first-order chi connectivity index (χ1) is 12.1. The number of hydrazine groups is 1. The van der Waals surface area contributed by atoms with Gasteiger partial charge in [0.2, 0.25) is 5.91 Å². The molecule has 2 aromatic rings. The van der Waals surface area contributed by atoms with E-state index in [2.05, 4.69) is 54.6 Å². The summed E-state index contributed by atoms with van der Waals surface area (Å²) in [4.78, 5) is 16.7. The number of carbonyl (C=O) groups is 1. The van der Waals surface area contributed by atoms with Crippen LogP contribution in [0.1, 0.15) is 41.6 Å². The summed E-state index contributed by atoms with van der Waals surface area (Å²) in [6, 6.07) is 8.17. The number of nitrogens with zero attached hydrogens (tertiary/aromatic N) is 1. The van der Waals surface area contributed by atoms with Gasteiger partial charge in [-0.05, 0) is 50.3 Å². The first-order valence-corrected chi connectivity index (χ1v) is 10.2. The van der Waals surface area contributed by atoms with Crippen molar-refractivity contribution in [2.75, 3.05) is 6.54 Å². The van der Waals surface area contributed by atoms with Crippen LogP contribution in [-0.4, -0.2) is 23.5 Å². The number of aryl methyl sites for hydroxylation is 2. The number of hydrogen-bond acceptors (Lipinski definition) is 5. The Balaban J connectivity index is 1.35. The molecule has 1 fully saturated rings. The van der Waals surface area contributed by atoms with Gasteiger partial charge in [-0.2, -0.15) is 0 Å². The van der Waals surface area contributed by atoms with Crippen molar-refractivity contribution in [3.63, 3.8) is 0 Å². The molecule has 1 aromatic carbocycles. The molecule has 0 saturated carbocycles. The van der Waals surface area contributed by atoms with Crippen molar-refractivity contribution in [2.24, 2.45) is 0 Å². The molecule has 0 spiro atoms. The number of unbranched alkanes of at least 4 members (excludes halogenated alkanes) is 1. The summed E-state index contributed by atoms with van der Waals surface area (Å²) in [7, 11) is 0. The van der Waals surface area contributed by atoms with E-state index < -0.39 is 0 Å². The number of aromatic nitrogens is 1. The molecule has 0 bridgehead atoms. The van der Waals surface area contributed by atoms with Gasteiger partial charge in [0.25, 0.3) is 0 Å². The monoisotopic (exact) mass is 422 g/mol. The fourth-order valence-corrected chi connectivity index (χ4v) is 3.98. The molecule has 1 aromatic heterocycles. The van der Waals surface area contributed by atoms with Crippen LogP contribution in [0.25, 0.3) is 0 Å². The molecule has 3 rings (SSSR count). The summed E-state index contributed by atoms with van der Waals surface area (Å²) < 4.78 is 1.06. The molecule has 2 heterocycles. The zero-order valence-corrected chi connectivity index (χ0v) is 16.6. The average molecular weight is 423 g/mol. The summed E-state index contributed by atoms with van der Waals surface area (Å²) in [5.74, 6) is 0.0669. The fraction of sp³-hybridized carbons (Fsp3) is 0.444. The topological polar surface area (TPSA) is 66.1 Å². The Bertz CT molecular complexity index is 703. The summed E-state index contributed by atoms with van der Waals surface area (Å²) >= 11 is 5.16. The number of carbonyl (C=O) groups excluding carboxylic acids is 1. The summed E-state index contributed by atoms with van der Waals surface area (Å²) in [6.07, 6.45) is 3.76. The smallest absolute Gasteiger partial charge is 0.238 e. The number of benzene rings is 1. The number of halogens is 1. The molecule has 0 radical (unpaired) electrons. The van der Waals surface area contributed by atoms with Crippen molar-refractivity contribution < 1.29 is 4.79 Å². The van der Waals surface area contributed by atoms with E-state index in [9.17, 15) is 4.79 Å². The molecule has 25 heavy (non-hydrogen) atoms. The maximum atomic E-state index is 12.3. The van der Waals surface area contributed by atoms with Crippen LogP contribution in [0, 0.1) is 6.92 Å². The van der Waals surface area contributed by atoms with E-state index in [0.717, 1.165) is 35.8 Å². The standard InChI is InChI=1S/C18H23BrN4OS/c1-12-11-25-17(21-12)4-2-3-9-20-18(24)16-10-15(22-23-16)13-5-7-14(19)8-6-13/h5-8,11,15-16,22-23H,2-4,9-10H2,1H3,(H,20,24). The molecular weight excluding hydrogens is 400 g/mol. The quantitative estimate of drug-likeness (QED) is 0.599. The van der Waals surface area contributed by atoms with Crippen molar-refractivity contribution in [1.29, 1.82) is 0 Å². The Morgan fingerprint density at radius 1 is 1.32 bits per heavy atom. The molecule has 2 unspecified atom stereocenters. The van der Waals surface area contributed by atoms with Gasteiger partial charge in [-0.15, -0.1) is 11.3 Å². The molecule has 0 aliphatic carbocycles. The number of rotatable bonds is 7. The second-order valence-corrected chi connectivity index (χ2v) is 8.17. The van der Waals surface area contributed by atoms with E-state index in [-0.39, 0.29) is 18.0 Å². The molecule has 7 heteroatoms. The Labute approximate surface area is 160 Å². The summed E-state index contributed by atoms with van der Waals surface area (Å²) in [5, 5.41) is 6.30. The van der Waals surface area contributed by atoms with Gasteiger partial charge < -0.3 is 5.32 Å². The van der Waals surface area contributed by atoms with Crippen molar-refractivity contribution in [3.05, 3.63) is 50.4 Å². The lowest BCUT2D eigenvalue weighted by molar-refractivity contribution is -0.122. The normalized spacial score (nSPS) is 19.9. The number of thiazole rings is 1. The molecule has 2 atom stereocenters. The average Bonchev–Trinajstić information content (AvgIpc) is 3.24. The van der Waals surface area contributed by atoms with Crippen molar-refractivity contribution in [1.82, 2.24) is 21.2 Å². The van der Waals surface area contributed by atoms with Gasteiger partial charge >= 0.3 is 0 Å². The molecule has 5 nitrogen and oxygen atoms in total. The second kappa shape index (κ2) is 8.89. The van der Waals surface area contributed by atoms with E-state index in [0.29, 0.717) is 6.54 Å². The molecule has 1 saturated heterocycles. The molecule has 3 N–H and O–H groups in total. The minimum Gasteiger partial charge on any atom is -0.355 e. The zero-order valence-electron chi connectivity index (χ0n) is 14.2. The molecule has 134 valence electrons. The zero-order chi connectivity index (χ0) is 17.6. The van der Waals surface area contributed by atoms with Crippen molar-refractivity contribution >= 4 is 33.2 Å². The number of hydrogen-bond donors (Lipinski definition) is 3.